The van der Waals surface area contributed by atoms with Crippen LogP contribution in [0.25, 0.3) is 16.6 Å². The van der Waals surface area contributed by atoms with Gasteiger partial charge >= 0.3 is 0 Å². The number of hydrogen-bond acceptors (Lipinski definition) is 4. The van der Waals surface area contributed by atoms with Gasteiger partial charge in [-0.1, -0.05) is 24.3 Å². The highest BCUT2D eigenvalue weighted by atomic mass is 16.1. The molecule has 1 saturated carbocycles. The van der Waals surface area contributed by atoms with Gasteiger partial charge in [0.25, 0.3) is 5.91 Å². The number of nitrogens with two attached hydrogens (primary N) is 1. The second-order valence-electron chi connectivity index (χ2n) is 7.99. The number of primary amides is 1. The average Bonchev–Trinajstić information content (AvgIpc) is 3.42. The molecule has 0 radical (unpaired) electrons. The van der Waals surface area contributed by atoms with Gasteiger partial charge in [-0.25, -0.2) is 4.68 Å². The molecular formula is C22H25N5O. The summed E-state index contributed by atoms with van der Waals surface area (Å²) in [6.45, 7) is 3.23. The zero-order chi connectivity index (χ0) is 19.1. The van der Waals surface area contributed by atoms with Crippen LogP contribution in [0.3, 0.4) is 0 Å². The number of carbonyl (C=O) groups is 1. The summed E-state index contributed by atoms with van der Waals surface area (Å²) in [4.78, 5) is 11.6. The van der Waals surface area contributed by atoms with Crippen molar-refractivity contribution in [1.82, 2.24) is 20.4 Å². The number of rotatable bonds is 5. The summed E-state index contributed by atoms with van der Waals surface area (Å²) < 4.78 is 1.81. The summed E-state index contributed by atoms with van der Waals surface area (Å²) in [7, 11) is 0. The monoisotopic (exact) mass is 375 g/mol. The Morgan fingerprint density at radius 2 is 2.04 bits per heavy atom. The molecule has 1 aliphatic carbocycles. The molecule has 3 aromatic rings. The molecule has 2 heterocycles. The first-order valence-electron chi connectivity index (χ1n) is 10.0. The third kappa shape index (κ3) is 3.08. The van der Waals surface area contributed by atoms with E-state index in [-0.39, 0.29) is 0 Å². The minimum Gasteiger partial charge on any atom is -0.366 e. The van der Waals surface area contributed by atoms with Crippen molar-refractivity contribution in [1.29, 1.82) is 0 Å². The Kier molecular flexibility index (Phi) is 4.37. The van der Waals surface area contributed by atoms with Crippen molar-refractivity contribution in [2.24, 2.45) is 17.6 Å². The SMILES string of the molecule is NC(=O)c1cccc2cn(-c3ccc(CNC4CCC5CNCC54)cc3)nc12. The third-order valence-electron chi connectivity index (χ3n) is 6.33. The molecule has 1 amide bonds. The van der Waals surface area contributed by atoms with Gasteiger partial charge in [-0.15, -0.1) is 0 Å². The van der Waals surface area contributed by atoms with Crippen LogP contribution in [0.5, 0.6) is 0 Å². The number of carbonyl (C=O) groups excluding carboxylic acids is 1. The maximum atomic E-state index is 11.6. The number of nitrogens with one attached hydrogen (secondary N) is 2. The first kappa shape index (κ1) is 17.4. The number of fused-ring (bicyclic) bond motifs is 2. The fourth-order valence-electron chi connectivity index (χ4n) is 4.79. The molecule has 2 aromatic carbocycles. The van der Waals surface area contributed by atoms with E-state index >= 15 is 0 Å². The number of aromatic nitrogens is 2. The van der Waals surface area contributed by atoms with Crippen LogP contribution in [0.2, 0.25) is 0 Å². The summed E-state index contributed by atoms with van der Waals surface area (Å²) in [6.07, 6.45) is 4.56. The van der Waals surface area contributed by atoms with E-state index in [0.29, 0.717) is 17.1 Å². The van der Waals surface area contributed by atoms with Crippen LogP contribution in [-0.4, -0.2) is 34.8 Å². The fourth-order valence-corrected chi connectivity index (χ4v) is 4.79. The molecule has 28 heavy (non-hydrogen) atoms. The van der Waals surface area contributed by atoms with Crippen molar-refractivity contribution in [3.63, 3.8) is 0 Å². The largest absolute Gasteiger partial charge is 0.366 e. The van der Waals surface area contributed by atoms with Crippen molar-refractivity contribution >= 4 is 16.8 Å². The first-order chi connectivity index (χ1) is 13.7. The summed E-state index contributed by atoms with van der Waals surface area (Å²) in [5, 5.41) is 12.8. The van der Waals surface area contributed by atoms with Crippen molar-refractivity contribution < 1.29 is 4.79 Å². The van der Waals surface area contributed by atoms with E-state index in [4.69, 9.17) is 5.73 Å². The summed E-state index contributed by atoms with van der Waals surface area (Å²) in [5.74, 6) is 1.19. The van der Waals surface area contributed by atoms with Crippen LogP contribution in [0, 0.1) is 11.8 Å². The molecule has 5 rings (SSSR count). The van der Waals surface area contributed by atoms with Crippen LogP contribution in [0.15, 0.2) is 48.7 Å². The quantitative estimate of drug-likeness (QED) is 0.638. The first-order valence-corrected chi connectivity index (χ1v) is 10.0. The second-order valence-corrected chi connectivity index (χ2v) is 7.99. The molecule has 3 atom stereocenters. The van der Waals surface area contributed by atoms with Crippen LogP contribution in [-0.2, 0) is 6.54 Å². The van der Waals surface area contributed by atoms with E-state index in [1.807, 2.05) is 18.3 Å². The summed E-state index contributed by atoms with van der Waals surface area (Å²) in [6, 6.07) is 14.5. The topological polar surface area (TPSA) is 85.0 Å². The Bertz CT molecular complexity index is 1010. The maximum Gasteiger partial charge on any atom is 0.250 e. The normalized spacial score (nSPS) is 23.9. The Labute approximate surface area is 164 Å². The summed E-state index contributed by atoms with van der Waals surface area (Å²) >= 11 is 0. The van der Waals surface area contributed by atoms with Gasteiger partial charge < -0.3 is 16.4 Å². The zero-order valence-electron chi connectivity index (χ0n) is 15.8. The van der Waals surface area contributed by atoms with E-state index in [9.17, 15) is 4.79 Å². The Balaban J connectivity index is 1.30. The van der Waals surface area contributed by atoms with Crippen LogP contribution >= 0.6 is 0 Å². The molecule has 1 saturated heterocycles. The van der Waals surface area contributed by atoms with Crippen molar-refractivity contribution in [2.75, 3.05) is 13.1 Å². The van der Waals surface area contributed by atoms with Gasteiger partial charge in [0.2, 0.25) is 0 Å². The number of benzene rings is 2. The highest BCUT2D eigenvalue weighted by Gasteiger charge is 2.38. The van der Waals surface area contributed by atoms with Crippen molar-refractivity contribution in [3.05, 3.63) is 59.8 Å². The lowest BCUT2D eigenvalue weighted by molar-refractivity contribution is 0.100. The fraction of sp³-hybridized carbons (Fsp3) is 0.364. The van der Waals surface area contributed by atoms with Crippen LogP contribution < -0.4 is 16.4 Å². The molecule has 1 aromatic heterocycles. The van der Waals surface area contributed by atoms with Gasteiger partial charge in [-0.3, -0.25) is 4.79 Å². The zero-order valence-corrected chi connectivity index (χ0v) is 15.8. The molecule has 144 valence electrons. The second kappa shape index (κ2) is 7.04. The molecule has 0 spiro atoms. The molecule has 6 heteroatoms. The molecular weight excluding hydrogens is 350 g/mol. The third-order valence-corrected chi connectivity index (χ3v) is 6.33. The molecule has 1 aliphatic heterocycles. The molecule has 2 fully saturated rings. The Morgan fingerprint density at radius 3 is 2.86 bits per heavy atom. The highest BCUT2D eigenvalue weighted by molar-refractivity contribution is 6.04. The molecule has 0 bridgehead atoms. The van der Waals surface area contributed by atoms with Gasteiger partial charge in [-0.2, -0.15) is 5.10 Å². The molecule has 2 aliphatic rings. The van der Waals surface area contributed by atoms with Gasteiger partial charge in [0.1, 0.15) is 5.52 Å². The van der Waals surface area contributed by atoms with E-state index in [1.165, 1.54) is 24.9 Å². The molecule has 4 N–H and O–H groups in total. The lowest BCUT2D eigenvalue weighted by atomic mass is 9.97. The minimum absolute atomic E-state index is 0.452. The van der Waals surface area contributed by atoms with Gasteiger partial charge in [0.05, 0.1) is 11.3 Å². The van der Waals surface area contributed by atoms with E-state index in [1.54, 1.807) is 10.7 Å². The van der Waals surface area contributed by atoms with Crippen molar-refractivity contribution in [2.45, 2.75) is 25.4 Å². The van der Waals surface area contributed by atoms with E-state index < -0.39 is 5.91 Å². The van der Waals surface area contributed by atoms with Gasteiger partial charge in [0.15, 0.2) is 0 Å². The number of hydrogen-bond donors (Lipinski definition) is 3. The lowest BCUT2D eigenvalue weighted by Crippen LogP contribution is -2.34. The lowest BCUT2D eigenvalue weighted by Gasteiger charge is -2.19. The highest BCUT2D eigenvalue weighted by Crippen LogP contribution is 2.34. The van der Waals surface area contributed by atoms with E-state index in [2.05, 4.69) is 40.0 Å². The number of nitrogens with zero attached hydrogens (tertiary/aromatic N) is 2. The van der Waals surface area contributed by atoms with Crippen molar-refractivity contribution in [3.8, 4) is 5.69 Å². The Hall–Kier alpha value is -2.70. The van der Waals surface area contributed by atoms with Gasteiger partial charge in [-0.05, 0) is 61.5 Å². The molecule has 3 unspecified atom stereocenters. The van der Waals surface area contributed by atoms with Gasteiger partial charge in [0, 0.05) is 24.2 Å². The molecule has 6 nitrogen and oxygen atoms in total. The summed E-state index contributed by atoms with van der Waals surface area (Å²) in [5.41, 5.74) is 8.80. The Morgan fingerprint density at radius 1 is 1.18 bits per heavy atom. The standard InChI is InChI=1S/C22H25N5O/c23-22(28)18-3-1-2-16-13-27(26-21(16)18)17-7-4-14(5-8-17)10-25-20-9-6-15-11-24-12-19(15)20/h1-5,7-8,13,15,19-20,24-25H,6,9-12H2,(H2,23,28). The maximum absolute atomic E-state index is 11.6. The van der Waals surface area contributed by atoms with E-state index in [0.717, 1.165) is 36.0 Å². The predicted octanol–water partition coefficient (Wildman–Crippen LogP) is 2.21. The average molecular weight is 375 g/mol. The number of amides is 1. The minimum atomic E-state index is -0.455. The predicted molar refractivity (Wildman–Crippen MR) is 109 cm³/mol. The smallest absolute Gasteiger partial charge is 0.250 e. The van der Waals surface area contributed by atoms with Crippen LogP contribution in [0.4, 0.5) is 0 Å². The van der Waals surface area contributed by atoms with Crippen LogP contribution in [0.1, 0.15) is 28.8 Å².